The zero-order chi connectivity index (χ0) is 18.1. The Labute approximate surface area is 152 Å². The highest BCUT2D eigenvalue weighted by Crippen LogP contribution is 2.24. The Bertz CT molecular complexity index is 1070. The molecule has 0 saturated heterocycles. The molecule has 0 fully saturated rings. The summed E-state index contributed by atoms with van der Waals surface area (Å²) >= 11 is 0. The maximum atomic E-state index is 12.1. The number of aryl methyl sites for hydroxylation is 2. The predicted molar refractivity (Wildman–Crippen MR) is 104 cm³/mol. The van der Waals surface area contributed by atoms with Gasteiger partial charge in [0.25, 0.3) is 5.91 Å². The van der Waals surface area contributed by atoms with Crippen LogP contribution in [0.3, 0.4) is 0 Å². The fraction of sp³-hybridized carbons (Fsp3) is 0.182. The van der Waals surface area contributed by atoms with E-state index in [4.69, 9.17) is 4.98 Å². The molecule has 0 saturated carbocycles. The van der Waals surface area contributed by atoms with E-state index in [1.807, 2.05) is 49.4 Å². The number of nitrogens with zero attached hydrogens (tertiary/aromatic N) is 3. The number of benzene rings is 2. The van der Waals surface area contributed by atoms with Crippen LogP contribution in [-0.2, 0) is 11.2 Å². The number of aromatic nitrogens is 2. The van der Waals surface area contributed by atoms with E-state index < -0.39 is 0 Å². The van der Waals surface area contributed by atoms with Gasteiger partial charge in [-0.2, -0.15) is 0 Å². The van der Waals surface area contributed by atoms with Gasteiger partial charge in [0.1, 0.15) is 5.82 Å². The quantitative estimate of drug-likeness (QED) is 0.716. The summed E-state index contributed by atoms with van der Waals surface area (Å²) in [6.07, 6.45) is 2.75. The molecule has 0 radical (unpaired) electrons. The minimum absolute atomic E-state index is 0.209. The van der Waals surface area contributed by atoms with Crippen LogP contribution in [0.15, 0.2) is 59.6 Å². The van der Waals surface area contributed by atoms with Gasteiger partial charge in [-0.05, 0) is 30.5 Å². The molecule has 0 atom stereocenters. The van der Waals surface area contributed by atoms with Crippen molar-refractivity contribution in [2.45, 2.75) is 26.7 Å². The summed E-state index contributed by atoms with van der Waals surface area (Å²) in [7, 11) is 0. The van der Waals surface area contributed by atoms with E-state index in [2.05, 4.69) is 23.0 Å². The Balaban J connectivity index is 1.64. The second kappa shape index (κ2) is 6.64. The standard InChI is InChI=1S/C22H19N3O/c1-14-7-6-10-19-15(2)23-20(25-22(14)19)13-18-11-17(12-21(26)24-18)16-8-4-3-5-9-16/h3-10,12H,11,13H2,1-2H3. The van der Waals surface area contributed by atoms with Crippen LogP contribution in [0, 0.1) is 13.8 Å². The number of carbonyl (C=O) groups is 1. The molecular weight excluding hydrogens is 322 g/mol. The van der Waals surface area contributed by atoms with Gasteiger partial charge in [0.15, 0.2) is 0 Å². The third-order valence-electron chi connectivity index (χ3n) is 4.63. The highest BCUT2D eigenvalue weighted by atomic mass is 16.1. The van der Waals surface area contributed by atoms with Gasteiger partial charge in [0, 0.05) is 35.7 Å². The average molecular weight is 341 g/mol. The molecular formula is C22H19N3O. The normalized spacial score (nSPS) is 14.3. The summed E-state index contributed by atoms with van der Waals surface area (Å²) < 4.78 is 0. The fourth-order valence-corrected chi connectivity index (χ4v) is 3.36. The zero-order valence-electron chi connectivity index (χ0n) is 14.9. The second-order valence-corrected chi connectivity index (χ2v) is 6.60. The lowest BCUT2D eigenvalue weighted by molar-refractivity contribution is -0.113. The molecule has 0 spiro atoms. The van der Waals surface area contributed by atoms with Crippen LogP contribution >= 0.6 is 0 Å². The third kappa shape index (κ3) is 3.18. The lowest BCUT2D eigenvalue weighted by Gasteiger charge is -2.14. The van der Waals surface area contributed by atoms with Gasteiger partial charge >= 0.3 is 0 Å². The number of carbonyl (C=O) groups excluding carboxylic acids is 1. The molecule has 3 aromatic rings. The summed E-state index contributed by atoms with van der Waals surface area (Å²) in [5.41, 5.74) is 5.91. The van der Waals surface area contributed by atoms with Crippen molar-refractivity contribution in [1.29, 1.82) is 0 Å². The van der Waals surface area contributed by atoms with E-state index in [-0.39, 0.29) is 5.91 Å². The van der Waals surface area contributed by atoms with Gasteiger partial charge in [-0.15, -0.1) is 0 Å². The van der Waals surface area contributed by atoms with Crippen molar-refractivity contribution in [2.75, 3.05) is 0 Å². The van der Waals surface area contributed by atoms with E-state index in [0.717, 1.165) is 39.0 Å². The smallest absolute Gasteiger partial charge is 0.267 e. The first-order chi connectivity index (χ1) is 12.6. The first-order valence-electron chi connectivity index (χ1n) is 8.69. The molecule has 1 aliphatic rings. The third-order valence-corrected chi connectivity index (χ3v) is 4.63. The number of dihydropyridines is 1. The first kappa shape index (κ1) is 16.3. The van der Waals surface area contributed by atoms with Crippen LogP contribution in [0.25, 0.3) is 16.5 Å². The summed E-state index contributed by atoms with van der Waals surface area (Å²) in [4.78, 5) is 25.6. The summed E-state index contributed by atoms with van der Waals surface area (Å²) in [6.45, 7) is 4.05. The second-order valence-electron chi connectivity index (χ2n) is 6.60. The van der Waals surface area contributed by atoms with Gasteiger partial charge in [-0.25, -0.2) is 15.0 Å². The Morgan fingerprint density at radius 3 is 2.58 bits per heavy atom. The fourth-order valence-electron chi connectivity index (χ4n) is 3.36. The molecule has 26 heavy (non-hydrogen) atoms. The van der Waals surface area contributed by atoms with Crippen LogP contribution < -0.4 is 0 Å². The van der Waals surface area contributed by atoms with Crippen molar-refractivity contribution in [2.24, 2.45) is 4.99 Å². The molecule has 2 aromatic carbocycles. The van der Waals surface area contributed by atoms with Crippen LogP contribution in [0.4, 0.5) is 0 Å². The van der Waals surface area contributed by atoms with E-state index in [1.165, 1.54) is 0 Å². The molecule has 2 heterocycles. The molecule has 1 aliphatic heterocycles. The topological polar surface area (TPSA) is 55.2 Å². The summed E-state index contributed by atoms with van der Waals surface area (Å²) in [5, 5.41) is 1.07. The number of hydrogen-bond acceptors (Lipinski definition) is 3. The lowest BCUT2D eigenvalue weighted by atomic mass is 9.96. The van der Waals surface area contributed by atoms with Crippen molar-refractivity contribution in [1.82, 2.24) is 9.97 Å². The van der Waals surface area contributed by atoms with Crippen molar-refractivity contribution in [3.63, 3.8) is 0 Å². The minimum Gasteiger partial charge on any atom is -0.267 e. The summed E-state index contributed by atoms with van der Waals surface area (Å²) in [5.74, 6) is 0.504. The average Bonchev–Trinajstić information content (AvgIpc) is 2.63. The molecule has 1 amide bonds. The Morgan fingerprint density at radius 2 is 1.77 bits per heavy atom. The summed E-state index contributed by atoms with van der Waals surface area (Å²) in [6, 6.07) is 16.1. The number of para-hydroxylation sites is 1. The SMILES string of the molecule is Cc1nc(CC2=NC(=O)C=C(c3ccccc3)C2)nc2c(C)cccc12. The molecule has 0 bridgehead atoms. The molecule has 128 valence electrons. The van der Waals surface area contributed by atoms with Crippen molar-refractivity contribution in [3.05, 3.63) is 77.3 Å². The zero-order valence-corrected chi connectivity index (χ0v) is 14.9. The number of allylic oxidation sites excluding steroid dienone is 1. The van der Waals surface area contributed by atoms with Gasteiger partial charge in [0.05, 0.1) is 5.52 Å². The Morgan fingerprint density at radius 1 is 0.962 bits per heavy atom. The van der Waals surface area contributed by atoms with E-state index in [1.54, 1.807) is 6.08 Å². The first-order valence-corrected chi connectivity index (χ1v) is 8.69. The molecule has 1 aromatic heterocycles. The predicted octanol–water partition coefficient (Wildman–Crippen LogP) is 4.24. The van der Waals surface area contributed by atoms with E-state index >= 15 is 0 Å². The van der Waals surface area contributed by atoms with Crippen molar-refractivity contribution >= 4 is 28.1 Å². The lowest BCUT2D eigenvalue weighted by Crippen LogP contribution is -2.14. The van der Waals surface area contributed by atoms with Crippen LogP contribution in [0.5, 0.6) is 0 Å². The van der Waals surface area contributed by atoms with Crippen molar-refractivity contribution in [3.8, 4) is 0 Å². The molecule has 4 rings (SSSR count). The number of hydrogen-bond donors (Lipinski definition) is 0. The number of amides is 1. The van der Waals surface area contributed by atoms with Gasteiger partial charge in [0.2, 0.25) is 0 Å². The monoisotopic (exact) mass is 341 g/mol. The molecule has 0 aliphatic carbocycles. The molecule has 0 N–H and O–H groups in total. The highest BCUT2D eigenvalue weighted by molar-refractivity contribution is 6.12. The molecule has 0 unspecified atom stereocenters. The number of fused-ring (bicyclic) bond motifs is 1. The van der Waals surface area contributed by atoms with E-state index in [9.17, 15) is 4.79 Å². The number of rotatable bonds is 3. The number of aliphatic imine (C=N–C) groups is 1. The van der Waals surface area contributed by atoms with Crippen LogP contribution in [0.1, 0.15) is 29.1 Å². The highest BCUT2D eigenvalue weighted by Gasteiger charge is 2.17. The molecule has 4 heteroatoms. The van der Waals surface area contributed by atoms with Gasteiger partial charge in [-0.1, -0.05) is 48.5 Å². The maximum Gasteiger partial charge on any atom is 0.269 e. The van der Waals surface area contributed by atoms with E-state index in [0.29, 0.717) is 18.7 Å². The Kier molecular flexibility index (Phi) is 4.17. The Hall–Kier alpha value is -3.14. The van der Waals surface area contributed by atoms with Crippen LogP contribution in [-0.4, -0.2) is 21.6 Å². The van der Waals surface area contributed by atoms with Crippen molar-refractivity contribution < 1.29 is 4.79 Å². The molecule has 4 nitrogen and oxygen atoms in total. The van der Waals surface area contributed by atoms with Crippen LogP contribution in [0.2, 0.25) is 0 Å². The maximum absolute atomic E-state index is 12.1. The van der Waals surface area contributed by atoms with Gasteiger partial charge in [-0.3, -0.25) is 4.79 Å². The van der Waals surface area contributed by atoms with Gasteiger partial charge < -0.3 is 0 Å². The largest absolute Gasteiger partial charge is 0.269 e. The minimum atomic E-state index is -0.209.